The highest BCUT2D eigenvalue weighted by atomic mass is 32.1. The Hall–Kier alpha value is -0.960. The van der Waals surface area contributed by atoms with Gasteiger partial charge in [0.15, 0.2) is 17.1 Å². The van der Waals surface area contributed by atoms with E-state index in [0.717, 1.165) is 5.55 Å². The predicted molar refractivity (Wildman–Crippen MR) is 40.7 cm³/mol. The summed E-state index contributed by atoms with van der Waals surface area (Å²) in [5.74, 6) is -0.235. The number of rotatable bonds is 2. The van der Waals surface area contributed by atoms with Crippen molar-refractivity contribution in [3.8, 4) is 5.75 Å². The van der Waals surface area contributed by atoms with E-state index in [4.69, 9.17) is 0 Å². The van der Waals surface area contributed by atoms with E-state index in [1.807, 2.05) is 0 Å². The minimum Gasteiger partial charge on any atom is -0.451 e. The van der Waals surface area contributed by atoms with Gasteiger partial charge >= 0.3 is 0 Å². The molecule has 1 aromatic carbocycles. The Morgan fingerprint density at radius 3 is 2.70 bits per heavy atom. The van der Waals surface area contributed by atoms with E-state index in [-0.39, 0.29) is 5.75 Å². The first-order chi connectivity index (χ1) is 4.84. The van der Waals surface area contributed by atoms with Crippen molar-refractivity contribution in [2.45, 2.75) is 0 Å². The third-order valence-electron chi connectivity index (χ3n) is 1.01. The Balaban J connectivity index is 2.91. The molecule has 0 bridgehead atoms. The van der Waals surface area contributed by atoms with Crippen LogP contribution in [0.1, 0.15) is 0 Å². The molecule has 0 aromatic heterocycles. The predicted octanol–water partition coefficient (Wildman–Crippen LogP) is 2.16. The third-order valence-corrected chi connectivity index (χ3v) is 1.11. The van der Waals surface area contributed by atoms with Crippen LogP contribution in [0.25, 0.3) is 0 Å². The van der Waals surface area contributed by atoms with Crippen LogP contribution >= 0.6 is 12.2 Å². The average Bonchev–Trinajstić information content (AvgIpc) is 1.94. The Morgan fingerprint density at radius 2 is 2.10 bits per heavy atom. The fourth-order valence-electron chi connectivity index (χ4n) is 0.592. The zero-order valence-corrected chi connectivity index (χ0v) is 5.90. The van der Waals surface area contributed by atoms with Gasteiger partial charge in [-0.2, -0.15) is 0 Å². The Labute approximate surface area is 63.4 Å². The molecule has 0 amide bonds. The van der Waals surface area contributed by atoms with E-state index in [1.165, 1.54) is 12.1 Å². The van der Waals surface area contributed by atoms with Gasteiger partial charge in [-0.15, -0.1) is 0 Å². The fraction of sp³-hybridized carbons (Fsp3) is 0. The second kappa shape index (κ2) is 3.27. The summed E-state index contributed by atoms with van der Waals surface area (Å²) in [4.78, 5) is 0. The zero-order valence-electron chi connectivity index (χ0n) is 5.08. The largest absolute Gasteiger partial charge is 0.451 e. The van der Waals surface area contributed by atoms with Gasteiger partial charge in [0.2, 0.25) is 0 Å². The molecular formula is C7H5FOS. The van der Waals surface area contributed by atoms with Crippen LogP contribution in [0.5, 0.6) is 5.75 Å². The molecule has 0 saturated carbocycles. The lowest BCUT2D eigenvalue weighted by molar-refractivity contribution is 0.511. The van der Waals surface area contributed by atoms with Crippen molar-refractivity contribution in [3.05, 3.63) is 30.1 Å². The molecule has 0 aliphatic rings. The highest BCUT2D eigenvalue weighted by Crippen LogP contribution is 2.13. The molecule has 52 valence electrons. The van der Waals surface area contributed by atoms with Gasteiger partial charge < -0.3 is 4.74 Å². The molecule has 0 heterocycles. The van der Waals surface area contributed by atoms with Gasteiger partial charge in [0.25, 0.3) is 0 Å². The summed E-state index contributed by atoms with van der Waals surface area (Å²) >= 11 is 4.38. The smallest absolute Gasteiger partial charge is 0.165 e. The van der Waals surface area contributed by atoms with Crippen molar-refractivity contribution in [3.63, 3.8) is 0 Å². The molecule has 1 nitrogen and oxygen atoms in total. The number of ether oxygens (including phenoxy) is 1. The first kappa shape index (κ1) is 7.15. The van der Waals surface area contributed by atoms with Crippen LogP contribution in [0.3, 0.4) is 0 Å². The van der Waals surface area contributed by atoms with Crippen LogP contribution in [-0.4, -0.2) is 5.55 Å². The van der Waals surface area contributed by atoms with E-state index in [9.17, 15) is 4.39 Å². The molecule has 0 saturated heterocycles. The summed E-state index contributed by atoms with van der Waals surface area (Å²) in [6.45, 7) is 0. The zero-order chi connectivity index (χ0) is 7.40. The minimum atomic E-state index is -0.399. The molecule has 3 heteroatoms. The third kappa shape index (κ3) is 1.51. The van der Waals surface area contributed by atoms with Crippen molar-refractivity contribution < 1.29 is 9.13 Å². The van der Waals surface area contributed by atoms with Gasteiger partial charge in [-0.25, -0.2) is 4.39 Å². The molecule has 0 N–H and O–H groups in total. The van der Waals surface area contributed by atoms with Crippen molar-refractivity contribution >= 4 is 17.8 Å². The molecule has 0 aliphatic heterocycles. The molecule has 0 unspecified atom stereocenters. The van der Waals surface area contributed by atoms with Crippen LogP contribution in [-0.2, 0) is 0 Å². The minimum absolute atomic E-state index is 0.164. The van der Waals surface area contributed by atoms with E-state index in [0.29, 0.717) is 0 Å². The van der Waals surface area contributed by atoms with Crippen molar-refractivity contribution in [1.82, 2.24) is 0 Å². The number of thiocarbonyl (C=S) groups is 1. The maximum absolute atomic E-state index is 12.6. The lowest BCUT2D eigenvalue weighted by Gasteiger charge is -1.97. The quantitative estimate of drug-likeness (QED) is 0.607. The lowest BCUT2D eigenvalue weighted by atomic mass is 10.3. The fourth-order valence-corrected chi connectivity index (χ4v) is 0.696. The lowest BCUT2D eigenvalue weighted by Crippen LogP contribution is -1.88. The van der Waals surface area contributed by atoms with Crippen LogP contribution < -0.4 is 4.74 Å². The second-order valence-corrected chi connectivity index (χ2v) is 1.84. The van der Waals surface area contributed by atoms with Gasteiger partial charge in [-0.3, -0.25) is 0 Å². The number of hydrogen-bond acceptors (Lipinski definition) is 2. The summed E-state index contributed by atoms with van der Waals surface area (Å²) in [7, 11) is 0. The van der Waals surface area contributed by atoms with Crippen molar-refractivity contribution in [1.29, 1.82) is 0 Å². The van der Waals surface area contributed by atoms with Gasteiger partial charge in [-0.1, -0.05) is 12.1 Å². The Bertz CT molecular complexity index is 237. The van der Waals surface area contributed by atoms with E-state index >= 15 is 0 Å². The first-order valence-corrected chi connectivity index (χ1v) is 3.16. The molecule has 0 fully saturated rings. The molecule has 0 atom stereocenters. The molecule has 0 spiro atoms. The molecule has 10 heavy (non-hydrogen) atoms. The first-order valence-electron chi connectivity index (χ1n) is 2.69. The van der Waals surface area contributed by atoms with Crippen LogP contribution in [0.2, 0.25) is 0 Å². The maximum Gasteiger partial charge on any atom is 0.165 e. The van der Waals surface area contributed by atoms with Crippen LogP contribution in [0, 0.1) is 5.82 Å². The number of benzene rings is 1. The van der Waals surface area contributed by atoms with Crippen molar-refractivity contribution in [2.75, 3.05) is 0 Å². The van der Waals surface area contributed by atoms with Crippen LogP contribution in [0.15, 0.2) is 24.3 Å². The SMILES string of the molecule is Fc1ccccc1OC=S. The van der Waals surface area contributed by atoms with Gasteiger partial charge in [0.1, 0.15) is 0 Å². The van der Waals surface area contributed by atoms with Gasteiger partial charge in [0.05, 0.1) is 0 Å². The second-order valence-electron chi connectivity index (χ2n) is 1.64. The highest BCUT2D eigenvalue weighted by Gasteiger charge is 1.97. The topological polar surface area (TPSA) is 9.23 Å². The summed E-state index contributed by atoms with van der Waals surface area (Å²) in [5.41, 5.74) is 1.03. The summed E-state index contributed by atoms with van der Waals surface area (Å²) in [5, 5.41) is 0. The number of halogens is 1. The maximum atomic E-state index is 12.6. The monoisotopic (exact) mass is 156 g/mol. The van der Waals surface area contributed by atoms with Gasteiger partial charge in [-0.05, 0) is 24.4 Å². The van der Waals surface area contributed by atoms with Gasteiger partial charge in [0, 0.05) is 0 Å². The Morgan fingerprint density at radius 1 is 1.40 bits per heavy atom. The molecule has 0 radical (unpaired) electrons. The molecule has 0 aliphatic carbocycles. The number of para-hydroxylation sites is 1. The summed E-state index contributed by atoms with van der Waals surface area (Å²) < 4.78 is 17.2. The van der Waals surface area contributed by atoms with Crippen molar-refractivity contribution in [2.24, 2.45) is 0 Å². The van der Waals surface area contributed by atoms with E-state index < -0.39 is 5.82 Å². The average molecular weight is 156 g/mol. The Kier molecular flexibility index (Phi) is 2.34. The van der Waals surface area contributed by atoms with E-state index in [1.54, 1.807) is 12.1 Å². The van der Waals surface area contributed by atoms with E-state index in [2.05, 4.69) is 17.0 Å². The molecular weight excluding hydrogens is 151 g/mol. The standard InChI is InChI=1S/C7H5FOS/c8-6-3-1-2-4-7(6)9-5-10/h1-5H. The highest BCUT2D eigenvalue weighted by molar-refractivity contribution is 7.78. The molecule has 1 aromatic rings. The number of hydrogen-bond donors (Lipinski definition) is 0. The summed E-state index contributed by atoms with van der Waals surface area (Å²) in [6.07, 6.45) is 0. The van der Waals surface area contributed by atoms with Crippen LogP contribution in [0.4, 0.5) is 4.39 Å². The summed E-state index contributed by atoms with van der Waals surface area (Å²) in [6, 6.07) is 6.09. The normalized spacial score (nSPS) is 8.90. The molecule has 1 rings (SSSR count).